The zero-order valence-corrected chi connectivity index (χ0v) is 13.5. The highest BCUT2D eigenvalue weighted by Crippen LogP contribution is 2.39. The number of rotatable bonds is 4. The Hall–Kier alpha value is -1.29. The molecule has 3 rings (SSSR count). The maximum absolute atomic E-state index is 4.48. The van der Waals surface area contributed by atoms with E-state index in [4.69, 9.17) is 0 Å². The van der Waals surface area contributed by atoms with Gasteiger partial charge in [0.2, 0.25) is 0 Å². The van der Waals surface area contributed by atoms with Crippen LogP contribution in [0, 0.1) is 0 Å². The number of anilines is 1. The summed E-state index contributed by atoms with van der Waals surface area (Å²) in [6, 6.07) is 9.30. The Labute approximate surface area is 128 Å². The number of aryl methyl sites for hydroxylation is 2. The van der Waals surface area contributed by atoms with Gasteiger partial charge in [-0.2, -0.15) is 5.10 Å². The third kappa shape index (κ3) is 2.75. The van der Waals surface area contributed by atoms with E-state index in [1.807, 2.05) is 11.7 Å². The van der Waals surface area contributed by atoms with Gasteiger partial charge >= 0.3 is 0 Å². The van der Waals surface area contributed by atoms with Crippen molar-refractivity contribution in [1.82, 2.24) is 9.78 Å². The van der Waals surface area contributed by atoms with Gasteiger partial charge in [0.05, 0.1) is 11.4 Å². The highest BCUT2D eigenvalue weighted by molar-refractivity contribution is 9.10. The lowest BCUT2D eigenvalue weighted by Crippen LogP contribution is -2.34. The van der Waals surface area contributed by atoms with Crippen LogP contribution in [0.1, 0.15) is 36.9 Å². The van der Waals surface area contributed by atoms with E-state index in [0.717, 1.165) is 10.9 Å². The zero-order chi connectivity index (χ0) is 14.1. The second-order valence-electron chi connectivity index (χ2n) is 5.58. The number of benzene rings is 1. The minimum atomic E-state index is 0.582. The van der Waals surface area contributed by atoms with Gasteiger partial charge < -0.3 is 5.32 Å². The first kappa shape index (κ1) is 13.7. The Morgan fingerprint density at radius 2 is 2.00 bits per heavy atom. The van der Waals surface area contributed by atoms with E-state index in [0.29, 0.717) is 12.0 Å². The second-order valence-corrected chi connectivity index (χ2v) is 6.49. The van der Waals surface area contributed by atoms with Gasteiger partial charge in [0.25, 0.3) is 0 Å². The number of hydrogen-bond acceptors (Lipinski definition) is 2. The van der Waals surface area contributed by atoms with Crippen LogP contribution in [0.25, 0.3) is 0 Å². The lowest BCUT2D eigenvalue weighted by Gasteiger charge is -2.36. The molecule has 0 saturated heterocycles. The molecule has 0 amide bonds. The van der Waals surface area contributed by atoms with Crippen LogP contribution in [0.3, 0.4) is 0 Å². The summed E-state index contributed by atoms with van der Waals surface area (Å²) in [5.74, 6) is 0.697. The van der Waals surface area contributed by atoms with Crippen LogP contribution < -0.4 is 5.32 Å². The third-order valence-electron chi connectivity index (χ3n) is 4.08. The van der Waals surface area contributed by atoms with E-state index >= 15 is 0 Å². The van der Waals surface area contributed by atoms with Crippen LogP contribution in [-0.2, 0) is 13.5 Å². The van der Waals surface area contributed by atoms with Gasteiger partial charge in [-0.25, -0.2) is 0 Å². The van der Waals surface area contributed by atoms with Crippen LogP contribution in [-0.4, -0.2) is 15.8 Å². The molecule has 1 fully saturated rings. The van der Waals surface area contributed by atoms with Crippen molar-refractivity contribution in [1.29, 1.82) is 0 Å². The first-order valence-electron chi connectivity index (χ1n) is 7.20. The highest BCUT2D eigenvalue weighted by Gasteiger charge is 2.30. The second kappa shape index (κ2) is 5.60. The molecule has 1 aliphatic carbocycles. The number of nitrogens with one attached hydrogen (secondary N) is 1. The lowest BCUT2D eigenvalue weighted by molar-refractivity contribution is 0.374. The highest BCUT2D eigenvalue weighted by atomic mass is 79.9. The summed E-state index contributed by atoms with van der Waals surface area (Å²) in [4.78, 5) is 0. The fourth-order valence-corrected chi connectivity index (χ4v) is 3.14. The third-order valence-corrected chi connectivity index (χ3v) is 4.61. The quantitative estimate of drug-likeness (QED) is 0.912. The molecule has 1 aromatic carbocycles. The summed E-state index contributed by atoms with van der Waals surface area (Å²) < 4.78 is 3.05. The predicted molar refractivity (Wildman–Crippen MR) is 86.1 cm³/mol. The molecule has 1 saturated carbocycles. The van der Waals surface area contributed by atoms with Crippen molar-refractivity contribution in [3.63, 3.8) is 0 Å². The summed E-state index contributed by atoms with van der Waals surface area (Å²) in [5, 5.41) is 8.11. The van der Waals surface area contributed by atoms with Crippen molar-refractivity contribution in [2.45, 2.75) is 38.1 Å². The van der Waals surface area contributed by atoms with Gasteiger partial charge in [0.1, 0.15) is 0 Å². The average Bonchev–Trinajstić information content (AvgIpc) is 2.75. The van der Waals surface area contributed by atoms with Gasteiger partial charge in [-0.05, 0) is 42.9 Å². The molecule has 3 nitrogen and oxygen atoms in total. The van der Waals surface area contributed by atoms with E-state index in [1.54, 1.807) is 0 Å². The van der Waals surface area contributed by atoms with Crippen molar-refractivity contribution in [2.24, 2.45) is 7.05 Å². The molecule has 20 heavy (non-hydrogen) atoms. The summed E-state index contributed by atoms with van der Waals surface area (Å²) in [6.07, 6.45) is 5.48. The molecule has 1 heterocycles. The molecule has 2 aromatic rings. The first-order valence-corrected chi connectivity index (χ1v) is 7.99. The van der Waals surface area contributed by atoms with Crippen LogP contribution in [0.4, 0.5) is 5.69 Å². The van der Waals surface area contributed by atoms with E-state index in [-0.39, 0.29) is 0 Å². The van der Waals surface area contributed by atoms with Crippen LogP contribution in [0.15, 0.2) is 34.9 Å². The van der Waals surface area contributed by atoms with E-state index in [9.17, 15) is 0 Å². The van der Waals surface area contributed by atoms with Gasteiger partial charge in [-0.15, -0.1) is 0 Å². The Balaban J connectivity index is 1.59. The normalized spacial score (nSPS) is 21.6. The Morgan fingerprint density at radius 3 is 2.65 bits per heavy atom. The van der Waals surface area contributed by atoms with Gasteiger partial charge in [0, 0.05) is 23.8 Å². The molecule has 0 bridgehead atoms. The Bertz CT molecular complexity index is 582. The van der Waals surface area contributed by atoms with Crippen molar-refractivity contribution < 1.29 is 0 Å². The molecule has 0 spiro atoms. The molecule has 0 unspecified atom stereocenters. The van der Waals surface area contributed by atoms with Crippen molar-refractivity contribution in [2.75, 3.05) is 5.32 Å². The Kier molecular flexibility index (Phi) is 3.83. The maximum Gasteiger partial charge on any atom is 0.0853 e. The van der Waals surface area contributed by atoms with Crippen molar-refractivity contribution >= 4 is 21.6 Å². The molecule has 0 atom stereocenters. The SMILES string of the molecule is CCc1nn(C)cc1NC1CC(c2ccc(Br)cc2)C1. The number of nitrogens with zero attached hydrogens (tertiary/aromatic N) is 2. The summed E-state index contributed by atoms with van der Waals surface area (Å²) in [6.45, 7) is 2.15. The molecular weight excluding hydrogens is 314 g/mol. The number of halogens is 1. The summed E-state index contributed by atoms with van der Waals surface area (Å²) >= 11 is 3.49. The minimum Gasteiger partial charge on any atom is -0.380 e. The molecule has 1 N–H and O–H groups in total. The van der Waals surface area contributed by atoms with Crippen LogP contribution >= 0.6 is 15.9 Å². The maximum atomic E-state index is 4.48. The van der Waals surface area contributed by atoms with E-state index < -0.39 is 0 Å². The Morgan fingerprint density at radius 1 is 1.30 bits per heavy atom. The molecular formula is C16H20BrN3. The molecule has 4 heteroatoms. The smallest absolute Gasteiger partial charge is 0.0853 e. The zero-order valence-electron chi connectivity index (χ0n) is 11.9. The number of aromatic nitrogens is 2. The van der Waals surface area contributed by atoms with Gasteiger partial charge in [-0.1, -0.05) is 35.0 Å². The lowest BCUT2D eigenvalue weighted by atomic mass is 9.76. The van der Waals surface area contributed by atoms with Gasteiger partial charge in [0.15, 0.2) is 0 Å². The fourth-order valence-electron chi connectivity index (χ4n) is 2.88. The predicted octanol–water partition coefficient (Wildman–Crippen LogP) is 4.10. The van der Waals surface area contributed by atoms with Crippen LogP contribution in [0.5, 0.6) is 0 Å². The largest absolute Gasteiger partial charge is 0.380 e. The van der Waals surface area contributed by atoms with Gasteiger partial charge in [-0.3, -0.25) is 4.68 Å². The number of hydrogen-bond donors (Lipinski definition) is 1. The topological polar surface area (TPSA) is 29.9 Å². The molecule has 0 aliphatic heterocycles. The fraction of sp³-hybridized carbons (Fsp3) is 0.438. The first-order chi connectivity index (χ1) is 9.65. The molecule has 1 aliphatic rings. The van der Waals surface area contributed by atoms with E-state index in [2.05, 4.69) is 63.7 Å². The monoisotopic (exact) mass is 333 g/mol. The summed E-state index contributed by atoms with van der Waals surface area (Å²) in [5.41, 5.74) is 3.82. The summed E-state index contributed by atoms with van der Waals surface area (Å²) in [7, 11) is 1.98. The van der Waals surface area contributed by atoms with Crippen LogP contribution in [0.2, 0.25) is 0 Å². The minimum absolute atomic E-state index is 0.582. The van der Waals surface area contributed by atoms with E-state index in [1.165, 1.54) is 29.8 Å². The van der Waals surface area contributed by atoms with Crippen molar-refractivity contribution in [3.8, 4) is 0 Å². The molecule has 0 radical (unpaired) electrons. The van der Waals surface area contributed by atoms with Crippen molar-refractivity contribution in [3.05, 3.63) is 46.2 Å². The molecule has 1 aromatic heterocycles. The molecule has 106 valence electrons. The average molecular weight is 334 g/mol. The standard InChI is InChI=1S/C16H20BrN3/c1-3-15-16(10-20(2)19-15)18-14-8-12(9-14)11-4-6-13(17)7-5-11/h4-7,10,12,14,18H,3,8-9H2,1-2H3.